The normalized spacial score (nSPS) is 15.2. The molecule has 8 aromatic rings. The summed E-state index contributed by atoms with van der Waals surface area (Å²) in [5.74, 6) is -5.38. The highest BCUT2D eigenvalue weighted by atomic mass is 35.5. The number of halogens is 2. The van der Waals surface area contributed by atoms with Gasteiger partial charge in [-0.1, -0.05) is 87.8 Å². The number of ketones is 1. The number of primary amides is 1. The number of quaternary nitrogens is 1. The van der Waals surface area contributed by atoms with Crippen molar-refractivity contribution < 1.29 is 89.0 Å². The third kappa shape index (κ3) is 21.1. The fourth-order valence-electron chi connectivity index (χ4n) is 13.3. The molecule has 7 amide bonds. The van der Waals surface area contributed by atoms with Crippen molar-refractivity contribution in [3.63, 3.8) is 0 Å². The number of hydrogen-bond acceptors (Lipinski definition) is 22. The molecular weight excluding hydrogens is 1520 g/mol. The number of ether oxygens (including phenoxy) is 5. The highest BCUT2D eigenvalue weighted by Gasteiger charge is 2.46. The number of likely N-dealkylation sites (N-methyl/N-ethyl adjacent to an activating group) is 1. The zero-order chi connectivity index (χ0) is 81.5. The predicted molar refractivity (Wildman–Crippen MR) is 417 cm³/mol. The maximum Gasteiger partial charge on any atom is 0.312 e. The van der Waals surface area contributed by atoms with E-state index in [1.807, 2.05) is 44.3 Å². The Labute approximate surface area is 662 Å². The Morgan fingerprint density at radius 1 is 0.832 bits per heavy atom. The third-order valence-electron chi connectivity index (χ3n) is 20.1. The minimum absolute atomic E-state index is 0.0138. The summed E-state index contributed by atoms with van der Waals surface area (Å²) in [4.78, 5) is 127. The molecule has 0 radical (unpaired) electrons. The number of nitrogens with zero attached hydrogens (tertiary/aromatic N) is 7. The molecule has 10 rings (SSSR count). The molecule has 0 saturated carbocycles. The van der Waals surface area contributed by atoms with Gasteiger partial charge >= 0.3 is 6.03 Å². The molecular formula is C80H90ClFN12O17S2. The number of carbonyl (C=O) groups excluding carboxylic acids is 8. The number of aromatic nitrogens is 4. The van der Waals surface area contributed by atoms with Crippen molar-refractivity contribution in [2.24, 2.45) is 23.0 Å². The Bertz CT molecular complexity index is 4990. The van der Waals surface area contributed by atoms with Gasteiger partial charge in [-0.25, -0.2) is 29.1 Å². The Hall–Kier alpha value is -10.9. The largest absolute Gasteiger partial charge is 0.546 e. The Kier molecular flexibility index (Phi) is 28.2. The molecule has 0 bridgehead atoms. The number of benzene rings is 5. The van der Waals surface area contributed by atoms with Gasteiger partial charge in [-0.05, 0) is 121 Å². The van der Waals surface area contributed by atoms with Crippen molar-refractivity contribution >= 4 is 96.3 Å². The smallest absolute Gasteiger partial charge is 0.312 e. The number of thiophene rings is 1. The summed E-state index contributed by atoms with van der Waals surface area (Å²) < 4.78 is 82.2. The number of hydrogen-bond donors (Lipinski definition) is 6. The molecule has 0 aliphatic carbocycles. The number of rotatable bonds is 38. The molecule has 5 aromatic carbocycles. The van der Waals surface area contributed by atoms with Gasteiger partial charge in [-0.3, -0.25) is 43.1 Å². The van der Waals surface area contributed by atoms with Crippen molar-refractivity contribution in [3.8, 4) is 56.1 Å². The molecule has 2 unspecified atom stereocenters. The van der Waals surface area contributed by atoms with Crippen LogP contribution in [0.5, 0.6) is 23.1 Å². The lowest BCUT2D eigenvalue weighted by molar-refractivity contribution is -0.926. The van der Waals surface area contributed by atoms with Gasteiger partial charge in [0.25, 0.3) is 21.9 Å². The summed E-state index contributed by atoms with van der Waals surface area (Å²) in [5, 5.41) is 24.4. The van der Waals surface area contributed by atoms with Gasteiger partial charge in [0.1, 0.15) is 76.4 Å². The van der Waals surface area contributed by atoms with Gasteiger partial charge in [0.05, 0.1) is 80.7 Å². The second kappa shape index (κ2) is 37.6. The SMILES string of the molecule is CC[C@](C)(C(=O)N[C@H](C(=O)Nc1ccc(C[N+]2(C)CCN(CCOc3ccc(-c4c(-c5ccc(F)cc5)sc5ncnc(O[C@H](Cc6ccccc6OCc6ccnc(-c7ccccc7OC)n6)C(=O)[O-])c45)c(C)c3Cl)CC2)c(S(=O)(=O)O)c1)C(C)CCNC(N)=O)C(=O)C(NC(=O)CCOCCN1C(=O)C=CC1=O)C(C)C. The molecule has 33 heteroatoms. The number of methoxy groups -OCH3 is 1. The van der Waals surface area contributed by atoms with Crippen LogP contribution in [0, 0.1) is 30.0 Å². The van der Waals surface area contributed by atoms with Gasteiger partial charge in [0.2, 0.25) is 23.6 Å². The van der Waals surface area contributed by atoms with E-state index in [-0.39, 0.29) is 93.9 Å². The average molecular weight is 1610 g/mol. The highest BCUT2D eigenvalue weighted by molar-refractivity contribution is 7.85. The lowest BCUT2D eigenvalue weighted by Crippen LogP contribution is -2.58. The van der Waals surface area contributed by atoms with E-state index in [9.17, 15) is 60.8 Å². The number of imide groups is 1. The van der Waals surface area contributed by atoms with E-state index in [2.05, 4.69) is 41.1 Å². The van der Waals surface area contributed by atoms with Crippen LogP contribution in [-0.2, 0) is 68.0 Å². The van der Waals surface area contributed by atoms with E-state index < -0.39 is 104 Å². The minimum atomic E-state index is -4.92. The maximum atomic E-state index is 14.5. The zero-order valence-electron chi connectivity index (χ0n) is 63.7. The summed E-state index contributed by atoms with van der Waals surface area (Å²) in [6, 6.07) is 26.1. The van der Waals surface area contributed by atoms with E-state index in [0.717, 1.165) is 23.1 Å². The molecule has 598 valence electrons. The first kappa shape index (κ1) is 84.6. The molecule has 29 nitrogen and oxygen atoms in total. The van der Waals surface area contributed by atoms with Crippen molar-refractivity contribution in [1.29, 1.82) is 0 Å². The summed E-state index contributed by atoms with van der Waals surface area (Å²) in [5.41, 5.74) is 7.82. The summed E-state index contributed by atoms with van der Waals surface area (Å²) in [7, 11) is -1.40. The third-order valence-corrected chi connectivity index (χ3v) is 22.7. The number of fused-ring (bicyclic) bond motifs is 1. The number of nitrogens with one attached hydrogen (secondary N) is 4. The summed E-state index contributed by atoms with van der Waals surface area (Å²) >= 11 is 8.51. The topological polar surface area (TPSA) is 392 Å². The van der Waals surface area contributed by atoms with Crippen LogP contribution in [0.15, 0.2) is 139 Å². The van der Waals surface area contributed by atoms with Crippen molar-refractivity contribution in [2.45, 2.75) is 103 Å². The van der Waals surface area contributed by atoms with Crippen LogP contribution >= 0.6 is 22.9 Å². The molecule has 3 aromatic heterocycles. The quantitative estimate of drug-likeness (QED) is 0.00700. The van der Waals surface area contributed by atoms with Crippen LogP contribution in [0.4, 0.5) is 14.9 Å². The Balaban J connectivity index is 0.781. The monoisotopic (exact) mass is 1610 g/mol. The van der Waals surface area contributed by atoms with Gasteiger partial charge in [-0.15, -0.1) is 11.3 Å². The molecule has 5 heterocycles. The van der Waals surface area contributed by atoms with Crippen molar-refractivity contribution in [2.75, 3.05) is 85.1 Å². The van der Waals surface area contributed by atoms with Crippen LogP contribution in [0.3, 0.4) is 0 Å². The average Bonchev–Trinajstić information content (AvgIpc) is 1.61. The van der Waals surface area contributed by atoms with E-state index in [0.29, 0.717) is 114 Å². The van der Waals surface area contributed by atoms with Crippen LogP contribution in [0.25, 0.3) is 43.2 Å². The molecule has 113 heavy (non-hydrogen) atoms. The van der Waals surface area contributed by atoms with E-state index >= 15 is 0 Å². The van der Waals surface area contributed by atoms with E-state index in [1.54, 1.807) is 89.5 Å². The minimum Gasteiger partial charge on any atom is -0.546 e. The number of Topliss-reactive ketones (excluding diaryl/α,β-unsaturated/α-hetero) is 1. The van der Waals surface area contributed by atoms with Crippen molar-refractivity contribution in [1.82, 2.24) is 45.7 Å². The van der Waals surface area contributed by atoms with Crippen LogP contribution in [0.2, 0.25) is 5.02 Å². The number of carboxylic acids is 1. The predicted octanol–water partition coefficient (Wildman–Crippen LogP) is 8.07. The highest BCUT2D eigenvalue weighted by Crippen LogP contribution is 2.50. The summed E-state index contributed by atoms with van der Waals surface area (Å²) in [6.45, 7) is 12.6. The number of para-hydroxylation sites is 2. The number of piperazine rings is 1. The molecule has 7 N–H and O–H groups in total. The second-order valence-electron chi connectivity index (χ2n) is 28.4. The van der Waals surface area contributed by atoms with Crippen LogP contribution in [0.1, 0.15) is 76.3 Å². The maximum absolute atomic E-state index is 14.5. The molecule has 2 aliphatic heterocycles. The first-order valence-electron chi connectivity index (χ1n) is 36.6. The molecule has 0 spiro atoms. The first-order chi connectivity index (χ1) is 53.9. The lowest BCUT2D eigenvalue weighted by atomic mass is 9.76. The Morgan fingerprint density at radius 3 is 2.22 bits per heavy atom. The number of carbonyl (C=O) groups is 8. The van der Waals surface area contributed by atoms with Gasteiger partial charge < -0.3 is 65.1 Å². The number of nitrogens with two attached hydrogens (primary N) is 1. The molecule has 1 fully saturated rings. The number of amides is 7. The number of aliphatic carboxylic acids is 1. The van der Waals surface area contributed by atoms with Gasteiger partial charge in [0.15, 0.2) is 11.6 Å². The summed E-state index contributed by atoms with van der Waals surface area (Å²) in [6.07, 6.45) is 3.21. The first-order valence-corrected chi connectivity index (χ1v) is 39.3. The molecule has 5 atom stereocenters. The van der Waals surface area contributed by atoms with Crippen LogP contribution < -0.4 is 51.1 Å². The standard InChI is InChI=1S/C80H90ClFN12O17S2/c1-9-80(6,72(98)69(47(2)3)90-63(95)30-39-108-40-36-93-64(96)26-27-65(93)97)78(102)91-70(48(4)28-31-85-79(83)103)74(99)89-54-23-20-52(62(43-54)113(104,105)106)44-94(7)37-33-92(34-38-94)35-41-109-60-25-24-56(49(5)68(60)81)66-67-75(86-46-87-76(67)112-71(66)50-18-21-53(82)22-19-50)111-61(77(100)101)42-51-14-10-12-16-58(51)110-45-55-29-32-84-73(88-55)57-15-11-13-17-59(57)107-8/h10-27,29,32,43,46-48,61,69-70H,9,28,30-31,33-42,44-45H2,1-8H3,(H7-,83,85,89,90,91,95,99,100,101,102,103,104,105,106)/t48?,61-,69?,70+,80+/m1/s1. The van der Waals surface area contributed by atoms with Gasteiger partial charge in [-0.2, -0.15) is 8.42 Å². The second-order valence-corrected chi connectivity index (χ2v) is 31.2. The van der Waals surface area contributed by atoms with Gasteiger partial charge in [0, 0.05) is 79.1 Å². The van der Waals surface area contributed by atoms with E-state index in [4.69, 9.17) is 46.0 Å². The lowest BCUT2D eigenvalue weighted by Gasteiger charge is -2.42. The number of urea groups is 1. The van der Waals surface area contributed by atoms with E-state index in [1.165, 1.54) is 48.9 Å². The fraction of sp³-hybridized carbons (Fsp3) is 0.375. The fourth-order valence-corrected chi connectivity index (χ4v) is 15.4. The van der Waals surface area contributed by atoms with Crippen LogP contribution in [-0.4, -0.2) is 192 Å². The molecule has 1 saturated heterocycles. The molecule has 2 aliphatic rings. The number of anilines is 1. The number of carboxylic acid groups (broad SMARTS) is 1. The van der Waals surface area contributed by atoms with Crippen molar-refractivity contribution in [3.05, 3.63) is 167 Å². The zero-order valence-corrected chi connectivity index (χ0v) is 66.1. The Morgan fingerprint density at radius 2 is 1.54 bits per heavy atom.